The van der Waals surface area contributed by atoms with Crippen LogP contribution in [0.4, 0.5) is 0 Å². The Morgan fingerprint density at radius 2 is 1.92 bits per heavy atom. The molecule has 2 rings (SSSR count). The van der Waals surface area contributed by atoms with Crippen LogP contribution in [0.15, 0.2) is 4.52 Å². The van der Waals surface area contributed by atoms with Gasteiger partial charge in [0.1, 0.15) is 0 Å². The number of hydrogen-bond acceptors (Lipinski definition) is 6. The molecular weight excluding hydrogens is 306 g/mol. The average molecular weight is 337 g/mol. The molecule has 1 atom stereocenters. The van der Waals surface area contributed by atoms with Gasteiger partial charge in [-0.1, -0.05) is 18.0 Å². The molecule has 0 unspecified atom stereocenters. The van der Waals surface area contributed by atoms with Gasteiger partial charge in [-0.3, -0.25) is 9.69 Å². The third kappa shape index (κ3) is 5.01. The van der Waals surface area contributed by atoms with Crippen LogP contribution in [0, 0.1) is 0 Å². The van der Waals surface area contributed by atoms with Gasteiger partial charge in [0.2, 0.25) is 11.8 Å². The lowest BCUT2D eigenvalue weighted by molar-refractivity contribution is -0.127. The Kier molecular flexibility index (Phi) is 6.34. The Labute approximate surface area is 144 Å². The summed E-state index contributed by atoms with van der Waals surface area (Å²) in [6.45, 7) is 8.36. The number of carbonyl (C=O) groups excluding carboxylic acids is 1. The van der Waals surface area contributed by atoms with Crippen LogP contribution in [0.25, 0.3) is 0 Å². The molecule has 0 bridgehead atoms. The number of likely N-dealkylation sites (tertiary alicyclic amines) is 1. The van der Waals surface area contributed by atoms with Gasteiger partial charge in [-0.25, -0.2) is 0 Å². The third-order valence-corrected chi connectivity index (χ3v) is 4.48. The van der Waals surface area contributed by atoms with Gasteiger partial charge in [-0.05, 0) is 60.8 Å². The fourth-order valence-electron chi connectivity index (χ4n) is 2.96. The number of nitrogens with zero attached hydrogens (tertiary/aromatic N) is 4. The van der Waals surface area contributed by atoms with E-state index in [1.165, 1.54) is 25.7 Å². The predicted octanol–water partition coefficient (Wildman–Crippen LogP) is 1.75. The first kappa shape index (κ1) is 18.9. The number of rotatable bonds is 6. The molecule has 136 valence electrons. The number of hydrogen-bond donors (Lipinski definition) is 1. The Hall–Kier alpha value is -1.47. The first-order valence-corrected chi connectivity index (χ1v) is 8.83. The molecule has 0 aliphatic carbocycles. The minimum atomic E-state index is -0.661. The summed E-state index contributed by atoms with van der Waals surface area (Å²) in [5.74, 6) is 1.08. The molecule has 1 aliphatic rings. The van der Waals surface area contributed by atoms with Gasteiger partial charge in [0.25, 0.3) is 0 Å². The summed E-state index contributed by atoms with van der Waals surface area (Å²) >= 11 is 0. The van der Waals surface area contributed by atoms with Crippen molar-refractivity contribution in [3.63, 3.8) is 0 Å². The first-order chi connectivity index (χ1) is 11.3. The maximum atomic E-state index is 12.7. The van der Waals surface area contributed by atoms with Crippen LogP contribution in [-0.2, 0) is 16.9 Å². The van der Waals surface area contributed by atoms with E-state index < -0.39 is 5.54 Å². The third-order valence-electron chi connectivity index (χ3n) is 4.48. The molecule has 7 heteroatoms. The minimum Gasteiger partial charge on any atom is -0.342 e. The quantitative estimate of drug-likeness (QED) is 0.852. The van der Waals surface area contributed by atoms with E-state index in [1.807, 2.05) is 39.8 Å². The molecule has 1 N–H and O–H groups in total. The van der Waals surface area contributed by atoms with Gasteiger partial charge in [0.15, 0.2) is 5.82 Å². The zero-order chi connectivity index (χ0) is 17.7. The highest BCUT2D eigenvalue weighted by Gasteiger charge is 2.32. The molecule has 1 fully saturated rings. The van der Waals surface area contributed by atoms with Crippen LogP contribution in [0.3, 0.4) is 0 Å². The van der Waals surface area contributed by atoms with Crippen LogP contribution in [-0.4, -0.2) is 59.1 Å². The number of amides is 1. The standard InChI is InChI=1S/C17H31N5O2/c1-13(22-10-8-6-7-9-11-22)15(23)19-17(2,3)16-18-14(24-20-16)12-21(4)5/h13H,6-12H2,1-5H3,(H,19,23)/t13-/m1/s1. The molecule has 0 saturated carbocycles. The fourth-order valence-corrected chi connectivity index (χ4v) is 2.96. The van der Waals surface area contributed by atoms with E-state index in [4.69, 9.17) is 4.52 Å². The Morgan fingerprint density at radius 1 is 1.29 bits per heavy atom. The van der Waals surface area contributed by atoms with Crippen molar-refractivity contribution >= 4 is 5.91 Å². The van der Waals surface area contributed by atoms with Gasteiger partial charge >= 0.3 is 0 Å². The average Bonchev–Trinajstić information content (AvgIpc) is 2.80. The fraction of sp³-hybridized carbons (Fsp3) is 0.824. The Morgan fingerprint density at radius 3 is 2.50 bits per heavy atom. The van der Waals surface area contributed by atoms with E-state index in [2.05, 4.69) is 20.4 Å². The van der Waals surface area contributed by atoms with Gasteiger partial charge in [-0.15, -0.1) is 0 Å². The molecule has 0 radical (unpaired) electrons. The zero-order valence-electron chi connectivity index (χ0n) is 15.6. The molecule has 0 aromatic carbocycles. The minimum absolute atomic E-state index is 0.0147. The highest BCUT2D eigenvalue weighted by atomic mass is 16.5. The second kappa shape index (κ2) is 8.07. The number of carbonyl (C=O) groups is 1. The van der Waals surface area contributed by atoms with Crippen LogP contribution >= 0.6 is 0 Å². The largest absolute Gasteiger partial charge is 0.342 e. The summed E-state index contributed by atoms with van der Waals surface area (Å²) < 4.78 is 5.27. The molecule has 24 heavy (non-hydrogen) atoms. The predicted molar refractivity (Wildman–Crippen MR) is 92.4 cm³/mol. The monoisotopic (exact) mass is 337 g/mol. The van der Waals surface area contributed by atoms with Crippen molar-refractivity contribution in [3.05, 3.63) is 11.7 Å². The molecule has 7 nitrogen and oxygen atoms in total. The molecule has 1 aromatic rings. The zero-order valence-corrected chi connectivity index (χ0v) is 15.6. The molecule has 1 saturated heterocycles. The molecule has 1 amide bonds. The number of nitrogens with one attached hydrogen (secondary N) is 1. The van der Waals surface area contributed by atoms with E-state index >= 15 is 0 Å². The molecule has 0 spiro atoms. The van der Waals surface area contributed by atoms with Crippen molar-refractivity contribution < 1.29 is 9.32 Å². The molecule has 1 aromatic heterocycles. The summed E-state index contributed by atoms with van der Waals surface area (Å²) in [5, 5.41) is 7.12. The van der Waals surface area contributed by atoms with Crippen molar-refractivity contribution in [2.24, 2.45) is 0 Å². The molecule has 2 heterocycles. The maximum absolute atomic E-state index is 12.7. The highest BCUT2D eigenvalue weighted by Crippen LogP contribution is 2.19. The summed E-state index contributed by atoms with van der Waals surface area (Å²) in [6, 6.07) is -0.143. The molecule has 1 aliphatic heterocycles. The van der Waals surface area contributed by atoms with Crippen LogP contribution in [0.1, 0.15) is 58.2 Å². The smallest absolute Gasteiger partial charge is 0.240 e. The van der Waals surface area contributed by atoms with E-state index in [9.17, 15) is 4.79 Å². The topological polar surface area (TPSA) is 74.5 Å². The lowest BCUT2D eigenvalue weighted by atomic mass is 10.0. The summed E-state index contributed by atoms with van der Waals surface area (Å²) in [6.07, 6.45) is 4.85. The first-order valence-electron chi connectivity index (χ1n) is 8.83. The Bertz CT molecular complexity index is 533. The lowest BCUT2D eigenvalue weighted by Gasteiger charge is -2.30. The second-order valence-corrected chi connectivity index (χ2v) is 7.49. The van der Waals surface area contributed by atoms with Crippen LogP contribution < -0.4 is 5.32 Å². The van der Waals surface area contributed by atoms with Crippen molar-refractivity contribution in [2.45, 2.75) is 64.6 Å². The molecular formula is C17H31N5O2. The van der Waals surface area contributed by atoms with Gasteiger partial charge in [-0.2, -0.15) is 4.98 Å². The SMILES string of the molecule is C[C@H](C(=O)NC(C)(C)c1noc(CN(C)C)n1)N1CCCCCC1. The van der Waals surface area contributed by atoms with Crippen molar-refractivity contribution in [3.8, 4) is 0 Å². The summed E-state index contributed by atoms with van der Waals surface area (Å²) in [4.78, 5) is 21.3. The summed E-state index contributed by atoms with van der Waals surface area (Å²) in [5.41, 5.74) is -0.661. The lowest BCUT2D eigenvalue weighted by Crippen LogP contribution is -2.51. The normalized spacial score (nSPS) is 18.4. The van der Waals surface area contributed by atoms with E-state index in [0.717, 1.165) is 13.1 Å². The maximum Gasteiger partial charge on any atom is 0.240 e. The van der Waals surface area contributed by atoms with E-state index in [-0.39, 0.29) is 11.9 Å². The van der Waals surface area contributed by atoms with Gasteiger partial charge in [0, 0.05) is 0 Å². The number of aromatic nitrogens is 2. The van der Waals surface area contributed by atoms with Crippen LogP contribution in [0.2, 0.25) is 0 Å². The van der Waals surface area contributed by atoms with Gasteiger partial charge < -0.3 is 14.7 Å². The van der Waals surface area contributed by atoms with Crippen molar-refractivity contribution in [1.82, 2.24) is 25.3 Å². The van der Waals surface area contributed by atoms with Crippen molar-refractivity contribution in [2.75, 3.05) is 27.2 Å². The second-order valence-electron chi connectivity index (χ2n) is 7.49. The highest BCUT2D eigenvalue weighted by molar-refractivity contribution is 5.82. The summed E-state index contributed by atoms with van der Waals surface area (Å²) in [7, 11) is 3.89. The van der Waals surface area contributed by atoms with E-state index in [1.54, 1.807) is 0 Å². The van der Waals surface area contributed by atoms with Crippen molar-refractivity contribution in [1.29, 1.82) is 0 Å². The van der Waals surface area contributed by atoms with Gasteiger partial charge in [0.05, 0.1) is 18.1 Å². The Balaban J connectivity index is 1.98. The van der Waals surface area contributed by atoms with Crippen LogP contribution in [0.5, 0.6) is 0 Å². The van der Waals surface area contributed by atoms with E-state index in [0.29, 0.717) is 18.3 Å².